The van der Waals surface area contributed by atoms with Crippen LogP contribution in [0.3, 0.4) is 0 Å². The first-order valence-corrected chi connectivity index (χ1v) is 16.5. The van der Waals surface area contributed by atoms with Crippen LogP contribution >= 0.6 is 0 Å². The molecule has 0 N–H and O–H groups in total. The molecule has 0 aliphatic rings. The molecule has 0 spiro atoms. The molecule has 0 unspecified atom stereocenters. The first kappa shape index (κ1) is 28.8. The van der Waals surface area contributed by atoms with Crippen LogP contribution in [0.2, 0.25) is 0 Å². The minimum absolute atomic E-state index is 0.642. The van der Waals surface area contributed by atoms with Gasteiger partial charge in [-0.05, 0) is 11.1 Å². The fourth-order valence-electron chi connectivity index (χ4n) is 6.05. The Morgan fingerprint density at radius 2 is 0.766 bits per heavy atom. The summed E-state index contributed by atoms with van der Waals surface area (Å²) >= 11 is 2.80. The molecule has 1 aromatic heterocycles. The summed E-state index contributed by atoms with van der Waals surface area (Å²) in [5.74, 6) is 1.93. The van der Waals surface area contributed by atoms with Crippen molar-refractivity contribution < 1.29 is 0 Å². The summed E-state index contributed by atoms with van der Waals surface area (Å²) in [5.41, 5.74) is 9.94. The number of benzene rings is 7. The normalized spacial score (nSPS) is 11.1. The second kappa shape index (κ2) is 12.6. The Morgan fingerprint density at radius 1 is 0.319 bits per heavy atom. The SMILES string of the molecule is [SeH]c1c(-c2ccccc2)cccc1-c1cccc2ccc(-c3nc(-c4ccccc4)nc(-c4ccc(-c5ccccc5)cc4)n3)cc12. The molecule has 222 valence electrons. The molecule has 0 bridgehead atoms. The van der Waals surface area contributed by atoms with Gasteiger partial charge in [0, 0.05) is 0 Å². The molecule has 0 atom stereocenters. The van der Waals surface area contributed by atoms with Gasteiger partial charge in [-0.1, -0.05) is 36.4 Å². The van der Waals surface area contributed by atoms with Gasteiger partial charge in [0.05, 0.1) is 0 Å². The van der Waals surface area contributed by atoms with E-state index < -0.39 is 0 Å². The zero-order valence-corrected chi connectivity index (χ0v) is 27.3. The van der Waals surface area contributed by atoms with Crippen LogP contribution in [0.25, 0.3) is 78.3 Å². The average Bonchev–Trinajstić information content (AvgIpc) is 3.15. The standard InChI is InChI=1S/C43H29N3Se/c47-40-36(31-14-6-2-7-15-31)19-11-21-38(40)37-20-10-18-32-24-27-35(28-39(32)37)43-45-41(33-16-8-3-9-17-33)44-42(46-43)34-25-22-30(23-26-34)29-12-4-1-5-13-29/h1-28,47H. The number of fused-ring (bicyclic) bond motifs is 1. The fourth-order valence-corrected chi connectivity index (χ4v) is 6.89. The van der Waals surface area contributed by atoms with E-state index in [0.717, 1.165) is 33.0 Å². The van der Waals surface area contributed by atoms with Crippen LogP contribution in [0.1, 0.15) is 0 Å². The summed E-state index contributed by atoms with van der Waals surface area (Å²) in [6.07, 6.45) is 0. The van der Waals surface area contributed by atoms with Crippen LogP contribution in [0.5, 0.6) is 0 Å². The van der Waals surface area contributed by atoms with E-state index in [1.54, 1.807) is 0 Å². The van der Waals surface area contributed by atoms with Crippen LogP contribution in [-0.4, -0.2) is 31.0 Å². The third kappa shape index (κ3) is 5.77. The van der Waals surface area contributed by atoms with E-state index in [9.17, 15) is 0 Å². The van der Waals surface area contributed by atoms with Crippen molar-refractivity contribution in [2.45, 2.75) is 0 Å². The van der Waals surface area contributed by atoms with E-state index in [-0.39, 0.29) is 0 Å². The van der Waals surface area contributed by atoms with Gasteiger partial charge in [0.15, 0.2) is 0 Å². The molecule has 7 aromatic carbocycles. The molecule has 0 radical (unpaired) electrons. The Labute approximate surface area is 282 Å². The number of aromatic nitrogens is 3. The van der Waals surface area contributed by atoms with E-state index in [1.807, 2.05) is 36.4 Å². The van der Waals surface area contributed by atoms with Crippen molar-refractivity contribution in [2.75, 3.05) is 0 Å². The van der Waals surface area contributed by atoms with Crippen LogP contribution in [-0.2, 0) is 0 Å². The van der Waals surface area contributed by atoms with Crippen LogP contribution < -0.4 is 4.46 Å². The second-order valence-electron chi connectivity index (χ2n) is 11.4. The predicted octanol–water partition coefficient (Wildman–Crippen LogP) is 9.55. The Hall–Kier alpha value is -5.67. The topological polar surface area (TPSA) is 38.7 Å². The summed E-state index contributed by atoms with van der Waals surface area (Å²) in [5, 5.41) is 2.32. The summed E-state index contributed by atoms with van der Waals surface area (Å²) in [7, 11) is 0. The Balaban J connectivity index is 1.26. The number of hydrogen-bond acceptors (Lipinski definition) is 3. The zero-order chi connectivity index (χ0) is 31.6. The molecule has 8 rings (SSSR count). The molecule has 8 aromatic rings. The van der Waals surface area contributed by atoms with Crippen molar-refractivity contribution in [1.29, 1.82) is 0 Å². The molecule has 47 heavy (non-hydrogen) atoms. The molecule has 3 nitrogen and oxygen atoms in total. The van der Waals surface area contributed by atoms with Crippen LogP contribution in [0, 0.1) is 0 Å². The van der Waals surface area contributed by atoms with E-state index in [0.29, 0.717) is 17.5 Å². The number of hydrogen-bond donors (Lipinski definition) is 0. The van der Waals surface area contributed by atoms with Crippen molar-refractivity contribution >= 4 is 31.2 Å². The van der Waals surface area contributed by atoms with Crippen molar-refractivity contribution in [2.24, 2.45) is 0 Å². The Kier molecular flexibility index (Phi) is 7.72. The minimum atomic E-state index is 0.642. The molecule has 0 saturated carbocycles. The zero-order valence-electron chi connectivity index (χ0n) is 25.5. The molecule has 4 heteroatoms. The maximum absolute atomic E-state index is 5.06. The molecular formula is C43H29N3Se. The van der Waals surface area contributed by atoms with Gasteiger partial charge in [0.2, 0.25) is 0 Å². The van der Waals surface area contributed by atoms with Gasteiger partial charge in [0.25, 0.3) is 0 Å². The van der Waals surface area contributed by atoms with E-state index >= 15 is 0 Å². The summed E-state index contributed by atoms with van der Waals surface area (Å²) < 4.78 is 1.19. The first-order chi connectivity index (χ1) is 23.2. The van der Waals surface area contributed by atoms with E-state index in [4.69, 9.17) is 15.0 Å². The Morgan fingerprint density at radius 3 is 1.43 bits per heavy atom. The molecule has 0 fully saturated rings. The molecular weight excluding hydrogens is 637 g/mol. The maximum atomic E-state index is 5.06. The molecule has 0 aliphatic carbocycles. The predicted molar refractivity (Wildman–Crippen MR) is 197 cm³/mol. The van der Waals surface area contributed by atoms with Crippen LogP contribution in [0.15, 0.2) is 170 Å². The van der Waals surface area contributed by atoms with Crippen molar-refractivity contribution in [3.8, 4) is 67.5 Å². The summed E-state index contributed by atoms with van der Waals surface area (Å²) in [6.45, 7) is 0. The molecule has 0 amide bonds. The van der Waals surface area contributed by atoms with Crippen molar-refractivity contribution in [1.82, 2.24) is 15.0 Å². The van der Waals surface area contributed by atoms with Gasteiger partial charge in [-0.15, -0.1) is 0 Å². The second-order valence-corrected chi connectivity index (χ2v) is 12.4. The molecule has 1 heterocycles. The van der Waals surface area contributed by atoms with Crippen LogP contribution in [0.4, 0.5) is 0 Å². The average molecular weight is 667 g/mol. The van der Waals surface area contributed by atoms with Gasteiger partial charge in [-0.3, -0.25) is 0 Å². The van der Waals surface area contributed by atoms with Crippen molar-refractivity contribution in [3.63, 3.8) is 0 Å². The van der Waals surface area contributed by atoms with Gasteiger partial charge in [0.1, 0.15) is 0 Å². The quantitative estimate of drug-likeness (QED) is 0.166. The van der Waals surface area contributed by atoms with Gasteiger partial charge >= 0.3 is 236 Å². The monoisotopic (exact) mass is 667 g/mol. The van der Waals surface area contributed by atoms with Crippen molar-refractivity contribution in [3.05, 3.63) is 170 Å². The van der Waals surface area contributed by atoms with E-state index in [1.165, 1.54) is 32.3 Å². The van der Waals surface area contributed by atoms with E-state index in [2.05, 4.69) is 149 Å². The molecule has 0 saturated heterocycles. The third-order valence-electron chi connectivity index (χ3n) is 8.47. The molecule has 0 aliphatic heterocycles. The number of nitrogens with zero attached hydrogens (tertiary/aromatic N) is 3. The Bertz CT molecular complexity index is 2340. The fraction of sp³-hybridized carbons (Fsp3) is 0. The van der Waals surface area contributed by atoms with Gasteiger partial charge in [-0.25, -0.2) is 0 Å². The summed E-state index contributed by atoms with van der Waals surface area (Å²) in [4.78, 5) is 15.0. The first-order valence-electron chi connectivity index (χ1n) is 15.6. The van der Waals surface area contributed by atoms with Gasteiger partial charge in [-0.2, -0.15) is 0 Å². The third-order valence-corrected chi connectivity index (χ3v) is 9.48. The summed E-state index contributed by atoms with van der Waals surface area (Å²) in [6, 6.07) is 59.0. The number of rotatable bonds is 6. The van der Waals surface area contributed by atoms with Gasteiger partial charge < -0.3 is 0 Å².